The molecule has 2 rings (SSSR count). The van der Waals surface area contributed by atoms with Crippen LogP contribution in [0.5, 0.6) is 0 Å². The number of nitrogens with zero attached hydrogens (tertiary/aromatic N) is 1. The smallest absolute Gasteiger partial charge is 0.410 e. The van der Waals surface area contributed by atoms with Crippen LogP contribution in [0.2, 0.25) is 0 Å². The molecule has 20 heavy (non-hydrogen) atoms. The molecule has 5 heteroatoms. The lowest BCUT2D eigenvalue weighted by atomic mass is 9.61. The van der Waals surface area contributed by atoms with Crippen molar-refractivity contribution in [1.82, 2.24) is 4.90 Å². The van der Waals surface area contributed by atoms with E-state index in [2.05, 4.69) is 15.9 Å². The van der Waals surface area contributed by atoms with Crippen LogP contribution in [-0.4, -0.2) is 47.7 Å². The Bertz CT molecular complexity index is 338. The molecule has 0 aromatic heterocycles. The monoisotopic (exact) mass is 347 g/mol. The van der Waals surface area contributed by atoms with E-state index in [-0.39, 0.29) is 6.09 Å². The molecule has 0 unspecified atom stereocenters. The van der Waals surface area contributed by atoms with Gasteiger partial charge in [-0.2, -0.15) is 0 Å². The summed E-state index contributed by atoms with van der Waals surface area (Å²) in [6.45, 7) is 8.17. The second-order valence-corrected chi connectivity index (χ2v) is 7.85. The summed E-state index contributed by atoms with van der Waals surface area (Å²) in [7, 11) is 0. The Balaban J connectivity index is 1.72. The third-order valence-corrected chi connectivity index (χ3v) is 4.55. The normalized spacial score (nSPS) is 22.7. The summed E-state index contributed by atoms with van der Waals surface area (Å²) in [6.07, 6.45) is 4.74. The summed E-state index contributed by atoms with van der Waals surface area (Å²) >= 11 is 3.38. The van der Waals surface area contributed by atoms with E-state index in [1.165, 1.54) is 0 Å². The van der Waals surface area contributed by atoms with Gasteiger partial charge in [-0.25, -0.2) is 4.79 Å². The number of hydrogen-bond acceptors (Lipinski definition) is 3. The first kappa shape index (κ1) is 16.1. The van der Waals surface area contributed by atoms with Gasteiger partial charge < -0.3 is 14.4 Å². The molecule has 0 bridgehead atoms. The number of alkyl halides is 1. The highest BCUT2D eigenvalue weighted by Gasteiger charge is 2.47. The van der Waals surface area contributed by atoms with Crippen LogP contribution in [0.4, 0.5) is 4.79 Å². The van der Waals surface area contributed by atoms with E-state index in [1.54, 1.807) is 0 Å². The summed E-state index contributed by atoms with van der Waals surface area (Å²) in [5.41, 5.74) is 0.0206. The average molecular weight is 348 g/mol. The molecule has 0 aromatic carbocycles. The Labute approximate surface area is 130 Å². The fraction of sp³-hybridized carbons (Fsp3) is 0.933. The molecule has 1 heterocycles. The number of likely N-dealkylation sites (tertiary alicyclic amines) is 1. The van der Waals surface area contributed by atoms with Crippen LogP contribution in [0.1, 0.15) is 46.5 Å². The minimum Gasteiger partial charge on any atom is -0.444 e. The summed E-state index contributed by atoms with van der Waals surface area (Å²) in [6, 6.07) is 0. The van der Waals surface area contributed by atoms with E-state index in [0.29, 0.717) is 11.5 Å². The van der Waals surface area contributed by atoms with Gasteiger partial charge in [-0.3, -0.25) is 0 Å². The lowest BCUT2D eigenvalue weighted by Gasteiger charge is -2.51. The molecular formula is C15H26BrNO3. The van der Waals surface area contributed by atoms with Gasteiger partial charge in [0.15, 0.2) is 0 Å². The minimum atomic E-state index is -0.405. The highest BCUT2D eigenvalue weighted by molar-refractivity contribution is 9.09. The van der Waals surface area contributed by atoms with Crippen molar-refractivity contribution in [3.63, 3.8) is 0 Å². The summed E-state index contributed by atoms with van der Waals surface area (Å²) < 4.78 is 11.2. The Morgan fingerprint density at radius 2 is 1.90 bits per heavy atom. The zero-order valence-corrected chi connectivity index (χ0v) is 14.4. The number of carbonyl (C=O) groups is 1. The zero-order valence-electron chi connectivity index (χ0n) is 12.8. The van der Waals surface area contributed by atoms with Crippen LogP contribution in [0.3, 0.4) is 0 Å². The maximum atomic E-state index is 12.0. The van der Waals surface area contributed by atoms with Crippen LogP contribution in [-0.2, 0) is 9.47 Å². The van der Waals surface area contributed by atoms with Crippen molar-refractivity contribution in [2.45, 2.75) is 58.2 Å². The van der Waals surface area contributed by atoms with Gasteiger partial charge in [0.1, 0.15) is 5.60 Å². The number of halogens is 1. The van der Waals surface area contributed by atoms with Crippen LogP contribution >= 0.6 is 15.9 Å². The molecule has 0 aromatic rings. The molecular weight excluding hydrogens is 322 g/mol. The second-order valence-electron chi connectivity index (χ2n) is 7.06. The van der Waals surface area contributed by atoms with Gasteiger partial charge >= 0.3 is 6.09 Å². The highest BCUT2D eigenvalue weighted by atomic mass is 79.9. The lowest BCUT2D eigenvalue weighted by Crippen LogP contribution is -2.51. The molecule has 1 spiro atoms. The predicted octanol–water partition coefficient (Wildman–Crippen LogP) is 3.58. The third-order valence-electron chi connectivity index (χ3n) is 4.23. The third kappa shape index (κ3) is 4.10. The van der Waals surface area contributed by atoms with Gasteiger partial charge in [0.05, 0.1) is 12.7 Å². The SMILES string of the molecule is CC(C)(C)OC(=O)N1CCC2(CC1)CC(OCCBr)C2. The maximum absolute atomic E-state index is 12.0. The number of rotatable bonds is 3. The molecule has 2 aliphatic rings. The predicted molar refractivity (Wildman–Crippen MR) is 82.2 cm³/mol. The molecule has 1 saturated heterocycles. The lowest BCUT2D eigenvalue weighted by molar-refractivity contribution is -0.100. The molecule has 0 N–H and O–H groups in total. The second kappa shape index (κ2) is 6.22. The van der Waals surface area contributed by atoms with Crippen LogP contribution in [0, 0.1) is 5.41 Å². The Morgan fingerprint density at radius 3 is 2.40 bits per heavy atom. The van der Waals surface area contributed by atoms with Gasteiger partial charge in [0.2, 0.25) is 0 Å². The largest absolute Gasteiger partial charge is 0.444 e. The van der Waals surface area contributed by atoms with Crippen molar-refractivity contribution in [3.05, 3.63) is 0 Å². The molecule has 0 atom stereocenters. The molecule has 1 aliphatic carbocycles. The van der Waals surface area contributed by atoms with Gasteiger partial charge in [-0.05, 0) is 51.9 Å². The fourth-order valence-corrected chi connectivity index (χ4v) is 3.32. The van der Waals surface area contributed by atoms with Gasteiger partial charge in [0, 0.05) is 18.4 Å². The first-order valence-electron chi connectivity index (χ1n) is 7.49. The molecule has 116 valence electrons. The number of ether oxygens (including phenoxy) is 2. The number of amides is 1. The van der Waals surface area contributed by atoms with Crippen LogP contribution in [0.15, 0.2) is 0 Å². The van der Waals surface area contributed by atoms with E-state index in [0.717, 1.165) is 50.7 Å². The van der Waals surface area contributed by atoms with E-state index < -0.39 is 5.60 Å². The highest BCUT2D eigenvalue weighted by Crippen LogP contribution is 2.50. The number of hydrogen-bond donors (Lipinski definition) is 0. The summed E-state index contributed by atoms with van der Waals surface area (Å²) in [5, 5.41) is 0.906. The van der Waals surface area contributed by atoms with Crippen molar-refractivity contribution in [3.8, 4) is 0 Å². The van der Waals surface area contributed by atoms with Crippen LogP contribution < -0.4 is 0 Å². The van der Waals surface area contributed by atoms with Gasteiger partial charge in [-0.1, -0.05) is 15.9 Å². The van der Waals surface area contributed by atoms with E-state index in [9.17, 15) is 4.79 Å². The number of piperidine rings is 1. The Hall–Kier alpha value is -0.290. The van der Waals surface area contributed by atoms with E-state index in [4.69, 9.17) is 9.47 Å². The molecule has 0 radical (unpaired) electrons. The van der Waals surface area contributed by atoms with Crippen LogP contribution in [0.25, 0.3) is 0 Å². The van der Waals surface area contributed by atoms with Crippen molar-refractivity contribution >= 4 is 22.0 Å². The quantitative estimate of drug-likeness (QED) is 0.732. The summed E-state index contributed by atoms with van der Waals surface area (Å²) in [4.78, 5) is 13.9. The van der Waals surface area contributed by atoms with E-state index >= 15 is 0 Å². The standard InChI is InChI=1S/C15H26BrNO3/c1-14(2,3)20-13(18)17-7-4-15(5-8-17)10-12(11-15)19-9-6-16/h12H,4-11H2,1-3H3. The summed E-state index contributed by atoms with van der Waals surface area (Å²) in [5.74, 6) is 0. The first-order chi connectivity index (χ1) is 9.34. The maximum Gasteiger partial charge on any atom is 0.410 e. The average Bonchev–Trinajstić information content (AvgIpc) is 2.32. The molecule has 2 fully saturated rings. The minimum absolute atomic E-state index is 0.168. The number of carbonyl (C=O) groups excluding carboxylic acids is 1. The van der Waals surface area contributed by atoms with E-state index in [1.807, 2.05) is 25.7 Å². The van der Waals surface area contributed by atoms with Gasteiger partial charge in [0.25, 0.3) is 0 Å². The van der Waals surface area contributed by atoms with Crippen molar-refractivity contribution in [2.24, 2.45) is 5.41 Å². The molecule has 1 saturated carbocycles. The fourth-order valence-electron chi connectivity index (χ4n) is 3.13. The Kier molecular flexibility index (Phi) is 5.00. The Morgan fingerprint density at radius 1 is 1.30 bits per heavy atom. The molecule has 1 amide bonds. The van der Waals surface area contributed by atoms with Crippen molar-refractivity contribution < 1.29 is 14.3 Å². The van der Waals surface area contributed by atoms with Crippen molar-refractivity contribution in [1.29, 1.82) is 0 Å². The molecule has 1 aliphatic heterocycles. The zero-order chi connectivity index (χ0) is 14.8. The van der Waals surface area contributed by atoms with Gasteiger partial charge in [-0.15, -0.1) is 0 Å². The molecule has 4 nitrogen and oxygen atoms in total. The first-order valence-corrected chi connectivity index (χ1v) is 8.61. The van der Waals surface area contributed by atoms with Crippen molar-refractivity contribution in [2.75, 3.05) is 25.0 Å². The topological polar surface area (TPSA) is 38.8 Å².